The van der Waals surface area contributed by atoms with Crippen molar-refractivity contribution in [1.82, 2.24) is 15.0 Å². The summed E-state index contributed by atoms with van der Waals surface area (Å²) in [5.41, 5.74) is 1.16. The van der Waals surface area contributed by atoms with Gasteiger partial charge in [0.1, 0.15) is 6.33 Å². The van der Waals surface area contributed by atoms with Crippen LogP contribution >= 0.6 is 0 Å². The van der Waals surface area contributed by atoms with Gasteiger partial charge in [0.15, 0.2) is 19.7 Å². The number of nitrogens with zero attached hydrogens (tertiary/aromatic N) is 3. The van der Waals surface area contributed by atoms with Gasteiger partial charge < -0.3 is 10.6 Å². The largest absolute Gasteiger partial charge is 0.324 e. The first kappa shape index (κ1) is 21.1. The summed E-state index contributed by atoms with van der Waals surface area (Å²) in [6.07, 6.45) is 1.30. The number of aromatic nitrogens is 3. The summed E-state index contributed by atoms with van der Waals surface area (Å²) in [7, 11) is -7.00. The van der Waals surface area contributed by atoms with Crippen LogP contribution in [0.3, 0.4) is 0 Å². The van der Waals surface area contributed by atoms with Gasteiger partial charge in [0.2, 0.25) is 11.9 Å². The van der Waals surface area contributed by atoms with E-state index in [-0.39, 0.29) is 21.7 Å². The molecule has 0 fully saturated rings. The minimum absolute atomic E-state index is 0.128. The van der Waals surface area contributed by atoms with Gasteiger partial charge in [-0.3, -0.25) is 0 Å². The van der Waals surface area contributed by atoms with Crippen LogP contribution in [0.15, 0.2) is 88.6 Å². The van der Waals surface area contributed by atoms with E-state index in [9.17, 15) is 16.8 Å². The van der Waals surface area contributed by atoms with Gasteiger partial charge in [-0.2, -0.15) is 4.98 Å². The Bertz CT molecular complexity index is 1190. The molecule has 2 N–H and O–H groups in total. The molecular formula is C19H17N5O4S2. The zero-order valence-corrected chi connectivity index (χ0v) is 17.2. The number of anilines is 4. The zero-order valence-electron chi connectivity index (χ0n) is 15.6. The van der Waals surface area contributed by atoms with Crippen LogP contribution in [0.5, 0.6) is 0 Å². The van der Waals surface area contributed by atoms with E-state index < -0.39 is 19.7 Å². The summed E-state index contributed by atoms with van der Waals surface area (Å²) >= 11 is 0. The lowest BCUT2D eigenvalue weighted by molar-refractivity contribution is 0.603. The van der Waals surface area contributed by atoms with E-state index in [4.69, 9.17) is 0 Å². The lowest BCUT2D eigenvalue weighted by Crippen LogP contribution is -2.03. The van der Waals surface area contributed by atoms with Crippen molar-refractivity contribution in [2.24, 2.45) is 0 Å². The second-order valence-electron chi connectivity index (χ2n) is 5.85. The van der Waals surface area contributed by atoms with Crippen LogP contribution in [0.4, 0.5) is 23.3 Å². The van der Waals surface area contributed by atoms with Crippen LogP contribution in [0.2, 0.25) is 0 Å². The summed E-state index contributed by atoms with van der Waals surface area (Å²) in [5.74, 6) is 0.468. The summed E-state index contributed by atoms with van der Waals surface area (Å²) < 4.78 is 47.1. The first-order valence-electron chi connectivity index (χ1n) is 8.42. The quantitative estimate of drug-likeness (QED) is 0.539. The Morgan fingerprint density at radius 2 is 1.03 bits per heavy atom. The fourth-order valence-electron chi connectivity index (χ4n) is 2.32. The monoisotopic (exact) mass is 443 g/mol. The molecule has 0 atom stereocenters. The molecule has 0 aliphatic heterocycles. The van der Waals surface area contributed by atoms with E-state index in [0.717, 1.165) is 10.8 Å². The van der Waals surface area contributed by atoms with E-state index in [1.54, 1.807) is 24.3 Å². The van der Waals surface area contributed by atoms with E-state index >= 15 is 0 Å². The van der Waals surface area contributed by atoms with Crippen molar-refractivity contribution in [1.29, 1.82) is 0 Å². The zero-order chi connectivity index (χ0) is 21.8. The molecule has 0 unspecified atom stereocenters. The van der Waals surface area contributed by atoms with Crippen LogP contribution < -0.4 is 10.6 Å². The molecule has 0 amide bonds. The van der Waals surface area contributed by atoms with Crippen LogP contribution in [0.25, 0.3) is 0 Å². The molecule has 9 nitrogen and oxygen atoms in total. The Kier molecular flexibility index (Phi) is 5.94. The third-order valence-electron chi connectivity index (χ3n) is 3.89. The molecule has 0 aliphatic rings. The Morgan fingerprint density at radius 1 is 0.667 bits per heavy atom. The van der Waals surface area contributed by atoms with Crippen molar-refractivity contribution < 1.29 is 16.8 Å². The third-order valence-corrected chi connectivity index (χ3v) is 6.62. The molecule has 0 spiro atoms. The number of rotatable bonds is 8. The number of nitrogens with one attached hydrogen (secondary N) is 2. The molecule has 0 aliphatic carbocycles. The highest BCUT2D eigenvalue weighted by molar-refractivity contribution is 7.94. The fraction of sp³-hybridized carbons (Fsp3) is 0. The predicted octanol–water partition coefficient (Wildman–Crippen LogP) is 3.19. The first-order chi connectivity index (χ1) is 14.2. The molecule has 3 aromatic rings. The van der Waals surface area contributed by atoms with Gasteiger partial charge in [-0.1, -0.05) is 13.2 Å². The highest BCUT2D eigenvalue weighted by atomic mass is 32.2. The second kappa shape index (κ2) is 8.43. The lowest BCUT2D eigenvalue weighted by atomic mass is 10.3. The molecule has 1 aromatic heterocycles. The van der Waals surface area contributed by atoms with Crippen LogP contribution in [0.1, 0.15) is 0 Å². The van der Waals surface area contributed by atoms with Gasteiger partial charge >= 0.3 is 0 Å². The van der Waals surface area contributed by atoms with Crippen molar-refractivity contribution in [2.75, 3.05) is 10.6 Å². The van der Waals surface area contributed by atoms with Crippen molar-refractivity contribution >= 4 is 42.9 Å². The predicted molar refractivity (Wildman–Crippen MR) is 114 cm³/mol. The molecule has 0 radical (unpaired) electrons. The van der Waals surface area contributed by atoms with Crippen molar-refractivity contribution in [3.05, 3.63) is 78.8 Å². The fourth-order valence-corrected chi connectivity index (χ4v) is 3.74. The topological polar surface area (TPSA) is 131 Å². The normalized spacial score (nSPS) is 11.5. The Hall–Kier alpha value is -3.57. The van der Waals surface area contributed by atoms with Gasteiger partial charge in [0.25, 0.3) is 0 Å². The molecule has 2 aromatic carbocycles. The molecule has 1 heterocycles. The SMILES string of the molecule is C=CS(=O)(=O)c1ccc(Nc2ncnc(Nc3ccc(S(=O)(=O)C=C)cc3)n2)cc1. The maximum absolute atomic E-state index is 11.8. The summed E-state index contributed by atoms with van der Waals surface area (Å²) in [6.45, 7) is 6.58. The average Bonchev–Trinajstić information content (AvgIpc) is 2.75. The summed E-state index contributed by atoms with van der Waals surface area (Å²) in [4.78, 5) is 12.5. The number of benzene rings is 2. The molecule has 30 heavy (non-hydrogen) atoms. The Morgan fingerprint density at radius 3 is 1.37 bits per heavy atom. The Balaban J connectivity index is 1.74. The standard InChI is InChI=1S/C19H17N5O4S2/c1-3-29(25,26)16-9-5-14(6-10-16)22-18-20-13-21-19(24-18)23-15-7-11-17(12-8-15)30(27,28)4-2/h3-13H,1-2H2,(H2,20,21,22,23,24). The van der Waals surface area contributed by atoms with Crippen molar-refractivity contribution in [2.45, 2.75) is 9.79 Å². The smallest absolute Gasteiger partial charge is 0.232 e. The van der Waals surface area contributed by atoms with Crippen LogP contribution in [0, 0.1) is 0 Å². The summed E-state index contributed by atoms with van der Waals surface area (Å²) in [6, 6.07) is 12.1. The van der Waals surface area contributed by atoms with E-state index in [1.807, 2.05) is 0 Å². The average molecular weight is 444 g/mol. The molecular weight excluding hydrogens is 426 g/mol. The van der Waals surface area contributed by atoms with E-state index in [2.05, 4.69) is 38.7 Å². The summed E-state index contributed by atoms with van der Waals surface area (Å²) in [5, 5.41) is 7.68. The second-order valence-corrected chi connectivity index (χ2v) is 9.64. The van der Waals surface area contributed by atoms with Gasteiger partial charge in [-0.25, -0.2) is 26.8 Å². The Labute approximate surface area is 174 Å². The first-order valence-corrected chi connectivity index (χ1v) is 11.5. The molecule has 11 heteroatoms. The van der Waals surface area contributed by atoms with Crippen LogP contribution in [-0.4, -0.2) is 31.8 Å². The highest BCUT2D eigenvalue weighted by Gasteiger charge is 2.10. The van der Waals surface area contributed by atoms with Crippen LogP contribution in [-0.2, 0) is 19.7 Å². The van der Waals surface area contributed by atoms with Gasteiger partial charge in [0, 0.05) is 22.2 Å². The number of hydrogen-bond donors (Lipinski definition) is 2. The number of hydrogen-bond acceptors (Lipinski definition) is 9. The minimum Gasteiger partial charge on any atom is -0.324 e. The maximum Gasteiger partial charge on any atom is 0.232 e. The lowest BCUT2D eigenvalue weighted by Gasteiger charge is -2.08. The van der Waals surface area contributed by atoms with E-state index in [0.29, 0.717) is 11.4 Å². The van der Waals surface area contributed by atoms with Gasteiger partial charge in [-0.15, -0.1) is 0 Å². The van der Waals surface area contributed by atoms with Gasteiger partial charge in [0.05, 0.1) is 9.79 Å². The highest BCUT2D eigenvalue weighted by Crippen LogP contribution is 2.20. The number of sulfone groups is 2. The van der Waals surface area contributed by atoms with Crippen molar-refractivity contribution in [3.63, 3.8) is 0 Å². The molecule has 3 rings (SSSR count). The van der Waals surface area contributed by atoms with Gasteiger partial charge in [-0.05, 0) is 48.5 Å². The molecule has 0 saturated heterocycles. The third kappa shape index (κ3) is 4.88. The molecule has 0 saturated carbocycles. The molecule has 154 valence electrons. The van der Waals surface area contributed by atoms with E-state index in [1.165, 1.54) is 30.6 Å². The molecule has 0 bridgehead atoms. The van der Waals surface area contributed by atoms with Crippen molar-refractivity contribution in [3.8, 4) is 0 Å². The minimum atomic E-state index is -3.50. The maximum atomic E-state index is 11.8.